The molecular formula is C59H77F6N13O7Si2. The van der Waals surface area contributed by atoms with Crippen LogP contribution in [-0.2, 0) is 40.8 Å². The first-order chi connectivity index (χ1) is 40.7. The van der Waals surface area contributed by atoms with E-state index in [9.17, 15) is 40.7 Å². The molecule has 7 heterocycles. The van der Waals surface area contributed by atoms with Crippen molar-refractivity contribution >= 4 is 78.4 Å². The van der Waals surface area contributed by atoms with E-state index in [1.165, 1.54) is 36.7 Å². The molecule has 8 aromatic rings. The van der Waals surface area contributed by atoms with Crippen LogP contribution in [0.1, 0.15) is 75.1 Å². The second-order valence-electron chi connectivity index (χ2n) is 26.1. The summed E-state index contributed by atoms with van der Waals surface area (Å²) in [6, 6.07) is 11.0. The molecule has 87 heavy (non-hydrogen) atoms. The smallest absolute Gasteiger partial charge is 0.387 e. The lowest BCUT2D eigenvalue weighted by Crippen LogP contribution is -2.56. The van der Waals surface area contributed by atoms with Crippen LogP contribution in [0.15, 0.2) is 61.2 Å². The SMILES string of the molecule is CC(C)(C)NC(=O)c1cn(COCC[Si](C)(C)C)c2ncc(-c3nn(CCC=O)c4ccc(OC(F)F)cc34)nc12.CC(C)(C)NC(=O)c1cn(COCC[Si](C)(C)C)c2ncc(-c3nn(CCCN4CC(F)(F)C4)c4ccc(OC(F)F)cc34)nc12. The van der Waals surface area contributed by atoms with Gasteiger partial charge in [-0.1, -0.05) is 39.3 Å². The number of hydrogen-bond acceptors (Lipinski definition) is 14. The van der Waals surface area contributed by atoms with Crippen LogP contribution < -0.4 is 20.1 Å². The Morgan fingerprint density at radius 3 is 1.46 bits per heavy atom. The number of halogens is 6. The van der Waals surface area contributed by atoms with E-state index in [1.807, 2.05) is 41.5 Å². The topological polar surface area (TPSA) is 212 Å². The third-order valence-corrected chi connectivity index (χ3v) is 17.1. The highest BCUT2D eigenvalue weighted by Crippen LogP contribution is 2.35. The Labute approximate surface area is 502 Å². The van der Waals surface area contributed by atoms with E-state index in [4.69, 9.17) is 24.5 Å². The van der Waals surface area contributed by atoms with Gasteiger partial charge in [-0.05, 0) is 96.4 Å². The molecule has 28 heteroatoms. The molecular weight excluding hydrogens is 1170 g/mol. The second-order valence-corrected chi connectivity index (χ2v) is 37.4. The molecule has 0 radical (unpaired) electrons. The summed E-state index contributed by atoms with van der Waals surface area (Å²) >= 11 is 0. The van der Waals surface area contributed by atoms with E-state index in [-0.39, 0.29) is 62.8 Å². The lowest BCUT2D eigenvalue weighted by molar-refractivity contribution is -0.130. The molecule has 1 aliphatic heterocycles. The molecule has 1 saturated heterocycles. The summed E-state index contributed by atoms with van der Waals surface area (Å²) in [5, 5.41) is 16.3. The van der Waals surface area contributed by atoms with Crippen molar-refractivity contribution in [2.45, 2.75) is 163 Å². The van der Waals surface area contributed by atoms with Gasteiger partial charge in [-0.2, -0.15) is 27.8 Å². The average molecular weight is 1250 g/mol. The fourth-order valence-corrected chi connectivity index (χ4v) is 11.0. The summed E-state index contributed by atoms with van der Waals surface area (Å²) in [4.78, 5) is 58.4. The number of ether oxygens (including phenoxy) is 4. The Hall–Kier alpha value is -7.28. The number of likely N-dealkylation sites (tertiary alicyclic amines) is 1. The van der Waals surface area contributed by atoms with Crippen molar-refractivity contribution in [1.82, 2.24) is 64.2 Å². The highest BCUT2D eigenvalue weighted by Gasteiger charge is 2.43. The number of aryl methyl sites for hydroxylation is 2. The van der Waals surface area contributed by atoms with E-state index < -0.39 is 46.4 Å². The highest BCUT2D eigenvalue weighted by atomic mass is 28.3. The minimum atomic E-state index is -3.02. The van der Waals surface area contributed by atoms with Gasteiger partial charge in [0.1, 0.15) is 65.1 Å². The molecule has 1 aliphatic rings. The standard InChI is InChI=1S/C31H41F4N7O3Si.C28H36F2N6O4Si/c1-30(2,3)38-28(43)22-16-41(19-44-12-13-46(4,5)6)27-26(22)37-23(15-36-27)25-21-14-20(45-29(32)33)8-9-24(21)42(39-25)11-7-10-40-17-31(34,35)18-40;1-28(2,3)33-26(38)20-16-35(17-39-12-13-41(4,5)6)25-24(20)32-21(15-31-25)23-19-14-18(40-27(29)30)8-9-22(19)36(34-23)10-7-11-37/h8-9,14-16,29H,7,10-13,17-19H2,1-6H3,(H,38,43);8-9,11,14-16,27H,7,10,12-13,17H2,1-6H3,(H,33,38). The van der Waals surface area contributed by atoms with Crippen molar-refractivity contribution < 1.29 is 59.7 Å². The Morgan fingerprint density at radius 1 is 0.655 bits per heavy atom. The van der Waals surface area contributed by atoms with Crippen molar-refractivity contribution in [2.24, 2.45) is 0 Å². The fraction of sp³-hybridized carbons (Fsp3) is 0.508. The number of nitrogens with zero attached hydrogens (tertiary/aromatic N) is 11. The molecule has 2 aromatic carbocycles. The van der Waals surface area contributed by atoms with Gasteiger partial charge in [0, 0.05) is 89.7 Å². The fourth-order valence-electron chi connectivity index (χ4n) is 9.53. The van der Waals surface area contributed by atoms with Crippen molar-refractivity contribution in [2.75, 3.05) is 32.8 Å². The zero-order chi connectivity index (χ0) is 63.4. The number of aromatic nitrogens is 10. The van der Waals surface area contributed by atoms with Crippen molar-refractivity contribution in [3.05, 3.63) is 72.3 Å². The molecule has 470 valence electrons. The summed E-state index contributed by atoms with van der Waals surface area (Å²) in [7, 11) is -2.59. The lowest BCUT2D eigenvalue weighted by Gasteiger charge is -2.38. The van der Waals surface area contributed by atoms with Crippen LogP contribution in [0.4, 0.5) is 26.3 Å². The molecule has 0 atom stereocenters. The van der Waals surface area contributed by atoms with Gasteiger partial charge in [0.05, 0.1) is 47.6 Å². The predicted molar refractivity (Wildman–Crippen MR) is 325 cm³/mol. The van der Waals surface area contributed by atoms with Crippen molar-refractivity contribution in [1.29, 1.82) is 0 Å². The summed E-state index contributed by atoms with van der Waals surface area (Å²) < 4.78 is 107. The van der Waals surface area contributed by atoms with E-state index in [2.05, 4.69) is 74.5 Å². The number of carbonyl (C=O) groups excluding carboxylic acids is 3. The molecule has 9 rings (SSSR count). The normalized spacial score (nSPS) is 14.1. The average Bonchev–Trinajstić information content (AvgIpc) is 1.66. The molecule has 0 saturated carbocycles. The summed E-state index contributed by atoms with van der Waals surface area (Å²) in [6.07, 6.45) is 7.95. The third-order valence-electron chi connectivity index (χ3n) is 13.6. The number of fused-ring (bicyclic) bond motifs is 4. The molecule has 0 unspecified atom stereocenters. The van der Waals surface area contributed by atoms with E-state index in [1.54, 1.807) is 47.9 Å². The van der Waals surface area contributed by atoms with Gasteiger partial charge in [0.15, 0.2) is 11.3 Å². The lowest BCUT2D eigenvalue weighted by atomic mass is 10.1. The number of hydrogen-bond donors (Lipinski definition) is 2. The molecule has 20 nitrogen and oxygen atoms in total. The summed E-state index contributed by atoms with van der Waals surface area (Å²) in [5.74, 6) is -3.38. The van der Waals surface area contributed by atoms with Crippen LogP contribution in [0.5, 0.6) is 11.5 Å². The van der Waals surface area contributed by atoms with Gasteiger partial charge in [0.2, 0.25) is 0 Å². The molecule has 2 amide bonds. The van der Waals surface area contributed by atoms with Crippen molar-refractivity contribution in [3.8, 4) is 34.3 Å². The van der Waals surface area contributed by atoms with Gasteiger partial charge in [0.25, 0.3) is 17.7 Å². The van der Waals surface area contributed by atoms with Crippen LogP contribution in [0.25, 0.3) is 66.9 Å². The van der Waals surface area contributed by atoms with Gasteiger partial charge < -0.3 is 43.5 Å². The number of nitrogens with one attached hydrogen (secondary N) is 2. The van der Waals surface area contributed by atoms with Crippen LogP contribution >= 0.6 is 0 Å². The monoisotopic (exact) mass is 1250 g/mol. The first-order valence-electron chi connectivity index (χ1n) is 28.7. The van der Waals surface area contributed by atoms with Crippen LogP contribution in [0, 0.1) is 0 Å². The third kappa shape index (κ3) is 17.5. The van der Waals surface area contributed by atoms with Crippen LogP contribution in [-0.4, -0.2) is 151 Å². The number of carbonyl (C=O) groups is 3. The summed E-state index contributed by atoms with van der Waals surface area (Å²) in [6.45, 7) is 21.1. The maximum absolute atomic E-state index is 13.4. The van der Waals surface area contributed by atoms with Gasteiger partial charge >= 0.3 is 13.2 Å². The molecule has 2 N–H and O–H groups in total. The Kier molecular flexibility index (Phi) is 20.1. The zero-order valence-corrected chi connectivity index (χ0v) is 53.2. The quantitative estimate of drug-likeness (QED) is 0.0236. The van der Waals surface area contributed by atoms with E-state index >= 15 is 0 Å². The maximum atomic E-state index is 13.4. The number of benzene rings is 2. The number of alkyl halides is 6. The van der Waals surface area contributed by atoms with Gasteiger partial charge in [-0.25, -0.2) is 28.7 Å². The van der Waals surface area contributed by atoms with E-state index in [0.29, 0.717) is 111 Å². The Balaban J connectivity index is 0.000000227. The molecule has 6 aromatic heterocycles. The number of rotatable bonds is 25. The van der Waals surface area contributed by atoms with Crippen molar-refractivity contribution in [3.63, 3.8) is 0 Å². The highest BCUT2D eigenvalue weighted by molar-refractivity contribution is 6.76. The first-order valence-corrected chi connectivity index (χ1v) is 36.1. The largest absolute Gasteiger partial charge is 0.435 e. The van der Waals surface area contributed by atoms with E-state index in [0.717, 1.165) is 18.4 Å². The first kappa shape index (κ1) is 65.7. The molecule has 0 aliphatic carbocycles. The molecule has 0 spiro atoms. The van der Waals surface area contributed by atoms with Gasteiger partial charge in [-0.15, -0.1) is 0 Å². The Bertz CT molecular complexity index is 3740. The zero-order valence-electron chi connectivity index (χ0n) is 51.2. The summed E-state index contributed by atoms with van der Waals surface area (Å²) in [5.41, 5.74) is 3.89. The minimum absolute atomic E-state index is 0.0374. The number of amides is 2. The second kappa shape index (κ2) is 26.6. The minimum Gasteiger partial charge on any atom is -0.435 e. The van der Waals surface area contributed by atoms with Crippen LogP contribution in [0.3, 0.4) is 0 Å². The Morgan fingerprint density at radius 2 is 1.08 bits per heavy atom. The maximum Gasteiger partial charge on any atom is 0.387 e. The van der Waals surface area contributed by atoms with Gasteiger partial charge in [-0.3, -0.25) is 23.9 Å². The van der Waals surface area contributed by atoms with Crippen LogP contribution in [0.2, 0.25) is 51.4 Å². The predicted octanol–water partition coefficient (Wildman–Crippen LogP) is 11.7. The molecule has 1 fully saturated rings. The number of aldehydes is 1. The molecule has 0 bridgehead atoms.